The predicted octanol–water partition coefficient (Wildman–Crippen LogP) is 4.48. The summed E-state index contributed by atoms with van der Waals surface area (Å²) in [6, 6.07) is 17.6. The van der Waals surface area contributed by atoms with Gasteiger partial charge in [-0.05, 0) is 82.8 Å². The highest BCUT2D eigenvalue weighted by Crippen LogP contribution is 2.26. The normalized spacial score (nSPS) is 14.7. The fourth-order valence-corrected chi connectivity index (χ4v) is 3.70. The largest absolute Gasteiger partial charge is 0.423 e. The van der Waals surface area contributed by atoms with E-state index < -0.39 is 28.7 Å². The van der Waals surface area contributed by atoms with Crippen LogP contribution in [0.4, 0.5) is 16.2 Å². The van der Waals surface area contributed by atoms with Gasteiger partial charge >= 0.3 is 12.0 Å². The Morgan fingerprint density at radius 1 is 0.973 bits per heavy atom. The topological polar surface area (TPSA) is 136 Å². The summed E-state index contributed by atoms with van der Waals surface area (Å²) in [7, 11) is 0. The Balaban J connectivity index is 1.56. The van der Waals surface area contributed by atoms with Crippen molar-refractivity contribution in [1.82, 2.24) is 5.32 Å². The first kappa shape index (κ1) is 25.4. The molecule has 10 nitrogen and oxygen atoms in total. The maximum absolute atomic E-state index is 13.1. The van der Waals surface area contributed by atoms with Crippen LogP contribution in [0.5, 0.6) is 5.75 Å². The van der Waals surface area contributed by atoms with Gasteiger partial charge in [-0.3, -0.25) is 25.0 Å². The third kappa shape index (κ3) is 5.95. The standard InChI is InChI=1S/C26H16IN3O7/c27-18-8-12-19(13-9-18)29-25(33)21(24(32)28-26(29)34)15-17-3-1-2-4-22(17)37-23(31)14-7-16-5-10-20(11-6-16)30(35)36/h1-15H,(H,28,32,34)/b14-7+,21-15-. The molecule has 4 amide bonds. The highest BCUT2D eigenvalue weighted by molar-refractivity contribution is 14.1. The molecule has 0 atom stereocenters. The van der Waals surface area contributed by atoms with Gasteiger partial charge in [-0.1, -0.05) is 18.2 Å². The number of halogens is 1. The van der Waals surface area contributed by atoms with E-state index >= 15 is 0 Å². The second kappa shape index (κ2) is 11.0. The molecule has 0 aliphatic carbocycles. The molecule has 1 saturated heterocycles. The molecule has 1 heterocycles. The lowest BCUT2D eigenvalue weighted by molar-refractivity contribution is -0.384. The molecule has 1 fully saturated rings. The van der Waals surface area contributed by atoms with Crippen molar-refractivity contribution >= 4 is 69.9 Å². The zero-order valence-corrected chi connectivity index (χ0v) is 20.9. The van der Waals surface area contributed by atoms with Crippen molar-refractivity contribution in [2.45, 2.75) is 0 Å². The van der Waals surface area contributed by atoms with Crippen LogP contribution in [0.3, 0.4) is 0 Å². The molecule has 0 spiro atoms. The number of benzene rings is 3. The Morgan fingerprint density at radius 2 is 1.65 bits per heavy atom. The number of esters is 1. The number of nitrogens with zero attached hydrogens (tertiary/aromatic N) is 2. The predicted molar refractivity (Wildman–Crippen MR) is 142 cm³/mol. The summed E-state index contributed by atoms with van der Waals surface area (Å²) < 4.78 is 6.28. The lowest BCUT2D eigenvalue weighted by Gasteiger charge is -2.26. The van der Waals surface area contributed by atoms with E-state index in [9.17, 15) is 29.3 Å². The van der Waals surface area contributed by atoms with E-state index in [-0.39, 0.29) is 28.3 Å². The number of hydrogen-bond donors (Lipinski definition) is 1. The van der Waals surface area contributed by atoms with Gasteiger partial charge in [0, 0.05) is 27.3 Å². The first-order chi connectivity index (χ1) is 17.7. The highest BCUT2D eigenvalue weighted by Gasteiger charge is 2.37. The smallest absolute Gasteiger partial charge is 0.336 e. The minimum absolute atomic E-state index is 0.0756. The average molecular weight is 609 g/mol. The van der Waals surface area contributed by atoms with Gasteiger partial charge in [0.05, 0.1) is 10.6 Å². The number of barbiturate groups is 1. The number of carbonyl (C=O) groups is 4. The van der Waals surface area contributed by atoms with Crippen LogP contribution >= 0.6 is 22.6 Å². The summed E-state index contributed by atoms with van der Waals surface area (Å²) in [5.41, 5.74) is 0.698. The number of carbonyl (C=O) groups excluding carboxylic acids is 4. The Kier molecular flexibility index (Phi) is 7.53. The van der Waals surface area contributed by atoms with Crippen molar-refractivity contribution in [3.63, 3.8) is 0 Å². The first-order valence-electron chi connectivity index (χ1n) is 10.6. The number of nitro benzene ring substituents is 1. The third-order valence-electron chi connectivity index (χ3n) is 5.13. The molecule has 3 aromatic carbocycles. The second-order valence-electron chi connectivity index (χ2n) is 7.58. The monoisotopic (exact) mass is 609 g/mol. The summed E-state index contributed by atoms with van der Waals surface area (Å²) in [6.45, 7) is 0. The third-order valence-corrected chi connectivity index (χ3v) is 5.85. The molecule has 0 bridgehead atoms. The van der Waals surface area contributed by atoms with E-state index in [0.29, 0.717) is 5.56 Å². The zero-order chi connectivity index (χ0) is 26.5. The summed E-state index contributed by atoms with van der Waals surface area (Å²) in [5, 5.41) is 12.9. The van der Waals surface area contributed by atoms with Crippen molar-refractivity contribution in [3.8, 4) is 5.75 Å². The van der Waals surface area contributed by atoms with Crippen LogP contribution in [0.1, 0.15) is 11.1 Å². The van der Waals surface area contributed by atoms with Gasteiger partial charge in [0.1, 0.15) is 11.3 Å². The van der Waals surface area contributed by atoms with Crippen LogP contribution < -0.4 is 15.0 Å². The van der Waals surface area contributed by atoms with E-state index in [4.69, 9.17) is 4.74 Å². The molecule has 0 unspecified atom stereocenters. The fourth-order valence-electron chi connectivity index (χ4n) is 3.34. The Hall–Kier alpha value is -4.65. The van der Waals surface area contributed by atoms with Crippen LogP contribution in [-0.2, 0) is 14.4 Å². The Bertz CT molecular complexity index is 1480. The lowest BCUT2D eigenvalue weighted by atomic mass is 10.1. The Morgan fingerprint density at radius 3 is 2.32 bits per heavy atom. The van der Waals surface area contributed by atoms with Crippen LogP contribution in [0.25, 0.3) is 12.2 Å². The van der Waals surface area contributed by atoms with Crippen molar-refractivity contribution in [2.24, 2.45) is 0 Å². The Labute approximate surface area is 223 Å². The minimum atomic E-state index is -0.879. The quantitative estimate of drug-likeness (QED) is 0.0828. The maximum Gasteiger partial charge on any atom is 0.336 e. The number of amides is 4. The maximum atomic E-state index is 13.1. The molecular formula is C26H16IN3O7. The molecule has 0 aromatic heterocycles. The minimum Gasteiger partial charge on any atom is -0.423 e. The molecule has 4 rings (SSSR count). The number of anilines is 1. The fraction of sp³-hybridized carbons (Fsp3) is 0. The van der Waals surface area contributed by atoms with E-state index in [0.717, 1.165) is 14.5 Å². The molecule has 11 heteroatoms. The summed E-state index contributed by atoms with van der Waals surface area (Å²) in [6.07, 6.45) is 3.81. The van der Waals surface area contributed by atoms with Gasteiger partial charge in [0.25, 0.3) is 17.5 Å². The summed E-state index contributed by atoms with van der Waals surface area (Å²) in [5.74, 6) is -2.38. The lowest BCUT2D eigenvalue weighted by Crippen LogP contribution is -2.54. The number of urea groups is 1. The van der Waals surface area contributed by atoms with Crippen molar-refractivity contribution in [2.75, 3.05) is 4.90 Å². The van der Waals surface area contributed by atoms with Gasteiger partial charge < -0.3 is 4.74 Å². The van der Waals surface area contributed by atoms with E-state index in [1.54, 1.807) is 42.5 Å². The molecule has 3 aromatic rings. The molecular weight excluding hydrogens is 593 g/mol. The van der Waals surface area contributed by atoms with Crippen molar-refractivity contribution in [3.05, 3.63) is 109 Å². The van der Waals surface area contributed by atoms with Crippen LogP contribution in [-0.4, -0.2) is 28.7 Å². The summed E-state index contributed by atoms with van der Waals surface area (Å²) in [4.78, 5) is 61.5. The number of non-ortho nitro benzene ring substituents is 1. The second-order valence-corrected chi connectivity index (χ2v) is 8.82. The zero-order valence-electron chi connectivity index (χ0n) is 18.8. The van der Waals surface area contributed by atoms with E-state index in [1.807, 2.05) is 0 Å². The molecule has 37 heavy (non-hydrogen) atoms. The van der Waals surface area contributed by atoms with Gasteiger partial charge in [-0.25, -0.2) is 14.5 Å². The van der Waals surface area contributed by atoms with Crippen LogP contribution in [0, 0.1) is 13.7 Å². The number of rotatable bonds is 6. The highest BCUT2D eigenvalue weighted by atomic mass is 127. The summed E-state index contributed by atoms with van der Waals surface area (Å²) >= 11 is 2.09. The molecule has 1 aliphatic rings. The first-order valence-corrected chi connectivity index (χ1v) is 11.7. The molecule has 184 valence electrons. The van der Waals surface area contributed by atoms with Gasteiger partial charge in [-0.15, -0.1) is 0 Å². The number of para-hydroxylation sites is 1. The van der Waals surface area contributed by atoms with E-state index in [1.165, 1.54) is 42.5 Å². The number of ether oxygens (including phenoxy) is 1. The average Bonchev–Trinajstić information content (AvgIpc) is 2.87. The SMILES string of the molecule is O=C(/C=C/c1ccc([N+](=O)[O-])cc1)Oc1ccccc1/C=C1/C(=O)NC(=O)N(c2ccc(I)cc2)C1=O. The van der Waals surface area contributed by atoms with E-state index in [2.05, 4.69) is 27.9 Å². The molecule has 1 aliphatic heterocycles. The van der Waals surface area contributed by atoms with Gasteiger partial charge in [0.2, 0.25) is 0 Å². The molecule has 0 saturated carbocycles. The van der Waals surface area contributed by atoms with Crippen molar-refractivity contribution < 1.29 is 28.8 Å². The van der Waals surface area contributed by atoms with Gasteiger partial charge in [-0.2, -0.15) is 0 Å². The van der Waals surface area contributed by atoms with Crippen LogP contribution in [0.15, 0.2) is 84.4 Å². The number of imide groups is 2. The van der Waals surface area contributed by atoms with Crippen LogP contribution in [0.2, 0.25) is 0 Å². The number of hydrogen-bond acceptors (Lipinski definition) is 7. The number of nitro groups is 1. The van der Waals surface area contributed by atoms with Crippen molar-refractivity contribution in [1.29, 1.82) is 0 Å². The molecule has 1 N–H and O–H groups in total. The number of nitrogens with one attached hydrogen (secondary N) is 1. The van der Waals surface area contributed by atoms with Gasteiger partial charge in [0.15, 0.2) is 0 Å². The molecule has 0 radical (unpaired) electrons.